The molecule has 2 N–H and O–H groups in total. The van der Waals surface area contributed by atoms with Crippen molar-refractivity contribution in [1.82, 2.24) is 5.32 Å². The number of amides is 1. The van der Waals surface area contributed by atoms with Crippen LogP contribution in [0.3, 0.4) is 0 Å². The van der Waals surface area contributed by atoms with Gasteiger partial charge in [0.15, 0.2) is 5.67 Å². The predicted octanol–water partition coefficient (Wildman–Crippen LogP) is 1.42. The molecule has 0 spiro atoms. The number of ether oxygens (including phenoxy) is 1. The van der Waals surface area contributed by atoms with Crippen LogP contribution in [-0.4, -0.2) is 41.5 Å². The molecule has 5 heteroatoms. The molecule has 1 rings (SSSR count). The van der Waals surface area contributed by atoms with E-state index in [9.17, 15) is 14.3 Å². The molecular weight excluding hydrogens is 237 g/mol. The number of halogens is 1. The molecule has 0 saturated heterocycles. The summed E-state index contributed by atoms with van der Waals surface area (Å²) in [6.45, 7) is 8.72. The van der Waals surface area contributed by atoms with Crippen LogP contribution >= 0.6 is 0 Å². The van der Waals surface area contributed by atoms with Crippen molar-refractivity contribution in [3.8, 4) is 0 Å². The number of aliphatic hydroxyl groups is 1. The number of hydrogen-bond donors (Lipinski definition) is 2. The summed E-state index contributed by atoms with van der Waals surface area (Å²) >= 11 is 0. The number of carbonyl (C=O) groups is 1. The average Bonchev–Trinajstić information content (AvgIpc) is 2.24. The Balaban J connectivity index is 2.56. The van der Waals surface area contributed by atoms with Gasteiger partial charge < -0.3 is 15.2 Å². The summed E-state index contributed by atoms with van der Waals surface area (Å²) in [6.07, 6.45) is 0.434. The Kier molecular flexibility index (Phi) is 4.08. The summed E-state index contributed by atoms with van der Waals surface area (Å²) in [5.74, 6) is -0.702. The summed E-state index contributed by atoms with van der Waals surface area (Å²) in [6, 6.07) is 0. The van der Waals surface area contributed by atoms with Crippen LogP contribution in [0.4, 0.5) is 4.39 Å². The van der Waals surface area contributed by atoms with E-state index < -0.39 is 22.6 Å². The summed E-state index contributed by atoms with van der Waals surface area (Å²) in [5, 5.41) is 12.9. The second kappa shape index (κ2) is 4.78. The van der Waals surface area contributed by atoms with Gasteiger partial charge in [-0.05, 0) is 20.8 Å². The molecule has 0 radical (unpaired) electrons. The van der Waals surface area contributed by atoms with Gasteiger partial charge in [0.1, 0.15) is 0 Å². The van der Waals surface area contributed by atoms with Gasteiger partial charge >= 0.3 is 0 Å². The molecule has 0 aromatic rings. The SMILES string of the molecule is CCOC1CC(O)(CNC(=O)C(C)(C)F)C1(C)C. The van der Waals surface area contributed by atoms with E-state index in [1.165, 1.54) is 13.8 Å². The van der Waals surface area contributed by atoms with E-state index in [2.05, 4.69) is 5.32 Å². The fraction of sp³-hybridized carbons (Fsp3) is 0.923. The Morgan fingerprint density at radius 2 is 2.11 bits per heavy atom. The number of alkyl halides is 1. The van der Waals surface area contributed by atoms with Crippen molar-refractivity contribution in [2.45, 2.75) is 58.4 Å². The van der Waals surface area contributed by atoms with Crippen LogP contribution in [0.1, 0.15) is 41.0 Å². The topological polar surface area (TPSA) is 58.6 Å². The minimum atomic E-state index is -1.93. The molecule has 0 aromatic heterocycles. The van der Waals surface area contributed by atoms with E-state index in [0.29, 0.717) is 13.0 Å². The normalized spacial score (nSPS) is 30.7. The van der Waals surface area contributed by atoms with E-state index >= 15 is 0 Å². The van der Waals surface area contributed by atoms with Crippen molar-refractivity contribution in [3.05, 3.63) is 0 Å². The number of carbonyl (C=O) groups excluding carboxylic acids is 1. The van der Waals surface area contributed by atoms with Crippen LogP contribution in [0.2, 0.25) is 0 Å². The molecule has 2 unspecified atom stereocenters. The highest BCUT2D eigenvalue weighted by Gasteiger charge is 2.60. The largest absolute Gasteiger partial charge is 0.387 e. The van der Waals surface area contributed by atoms with Crippen molar-refractivity contribution in [3.63, 3.8) is 0 Å². The third-order valence-electron chi connectivity index (χ3n) is 3.98. The van der Waals surface area contributed by atoms with Crippen molar-refractivity contribution in [1.29, 1.82) is 0 Å². The maximum absolute atomic E-state index is 13.4. The molecule has 4 nitrogen and oxygen atoms in total. The first kappa shape index (κ1) is 15.4. The smallest absolute Gasteiger partial charge is 0.257 e. The first-order chi connectivity index (χ1) is 8.04. The lowest BCUT2D eigenvalue weighted by atomic mass is 9.56. The van der Waals surface area contributed by atoms with Crippen LogP contribution in [0.5, 0.6) is 0 Å². The van der Waals surface area contributed by atoms with Gasteiger partial charge in [-0.1, -0.05) is 13.8 Å². The summed E-state index contributed by atoms with van der Waals surface area (Å²) < 4.78 is 18.9. The Bertz CT molecular complexity index is 325. The second-order valence-corrected chi connectivity index (χ2v) is 6.06. The highest BCUT2D eigenvalue weighted by Crippen LogP contribution is 2.50. The van der Waals surface area contributed by atoms with Gasteiger partial charge in [-0.25, -0.2) is 4.39 Å². The molecule has 1 aliphatic carbocycles. The third kappa shape index (κ3) is 2.67. The van der Waals surface area contributed by atoms with Crippen molar-refractivity contribution in [2.75, 3.05) is 13.2 Å². The van der Waals surface area contributed by atoms with Gasteiger partial charge in [0, 0.05) is 25.0 Å². The summed E-state index contributed by atoms with van der Waals surface area (Å²) in [5.41, 5.74) is -3.41. The molecule has 1 saturated carbocycles. The first-order valence-electron chi connectivity index (χ1n) is 6.36. The van der Waals surface area contributed by atoms with Gasteiger partial charge in [-0.15, -0.1) is 0 Å². The molecule has 0 heterocycles. The van der Waals surface area contributed by atoms with E-state index in [0.717, 1.165) is 0 Å². The van der Waals surface area contributed by atoms with Gasteiger partial charge in [0.2, 0.25) is 0 Å². The van der Waals surface area contributed by atoms with Crippen LogP contribution < -0.4 is 5.32 Å². The molecule has 0 aromatic carbocycles. The Morgan fingerprint density at radius 1 is 1.56 bits per heavy atom. The van der Waals surface area contributed by atoms with Crippen LogP contribution in [-0.2, 0) is 9.53 Å². The zero-order chi connectivity index (χ0) is 14.2. The minimum Gasteiger partial charge on any atom is -0.387 e. The van der Waals surface area contributed by atoms with Crippen molar-refractivity contribution in [2.24, 2.45) is 5.41 Å². The lowest BCUT2D eigenvalue weighted by Gasteiger charge is -2.58. The maximum Gasteiger partial charge on any atom is 0.257 e. The lowest BCUT2D eigenvalue weighted by molar-refractivity contribution is -0.238. The Hall–Kier alpha value is -0.680. The van der Waals surface area contributed by atoms with Crippen LogP contribution in [0, 0.1) is 5.41 Å². The monoisotopic (exact) mass is 261 g/mol. The number of nitrogens with one attached hydrogen (secondary N) is 1. The van der Waals surface area contributed by atoms with Crippen LogP contribution in [0.25, 0.3) is 0 Å². The van der Waals surface area contributed by atoms with Crippen LogP contribution in [0.15, 0.2) is 0 Å². The fourth-order valence-corrected chi connectivity index (χ4v) is 2.20. The van der Waals surface area contributed by atoms with E-state index in [-0.39, 0.29) is 12.6 Å². The average molecular weight is 261 g/mol. The zero-order valence-electron chi connectivity index (χ0n) is 11.8. The maximum atomic E-state index is 13.4. The van der Waals surface area contributed by atoms with Crippen molar-refractivity contribution >= 4 is 5.91 Å². The molecule has 1 aliphatic rings. The van der Waals surface area contributed by atoms with Gasteiger partial charge in [-0.2, -0.15) is 0 Å². The molecule has 1 fully saturated rings. The lowest BCUT2D eigenvalue weighted by Crippen LogP contribution is -2.69. The summed E-state index contributed by atoms with van der Waals surface area (Å²) in [7, 11) is 0. The Morgan fingerprint density at radius 3 is 2.50 bits per heavy atom. The predicted molar refractivity (Wildman–Crippen MR) is 67.0 cm³/mol. The highest BCUT2D eigenvalue weighted by molar-refractivity contribution is 5.84. The molecule has 1 amide bonds. The van der Waals surface area contributed by atoms with Gasteiger partial charge in [0.25, 0.3) is 5.91 Å². The molecular formula is C13H24FNO3. The van der Waals surface area contributed by atoms with E-state index in [1.807, 2.05) is 20.8 Å². The highest BCUT2D eigenvalue weighted by atomic mass is 19.1. The molecule has 2 atom stereocenters. The summed E-state index contributed by atoms with van der Waals surface area (Å²) in [4.78, 5) is 11.4. The molecule has 0 aliphatic heterocycles. The number of rotatable bonds is 5. The molecule has 0 bridgehead atoms. The van der Waals surface area contributed by atoms with E-state index in [4.69, 9.17) is 4.74 Å². The molecule has 18 heavy (non-hydrogen) atoms. The molecule has 106 valence electrons. The van der Waals surface area contributed by atoms with Gasteiger partial charge in [-0.3, -0.25) is 4.79 Å². The zero-order valence-corrected chi connectivity index (χ0v) is 11.8. The Labute approximate surface area is 108 Å². The standard InChI is InChI=1S/C13H24FNO3/c1-6-18-9-7-13(17,11(9,2)3)8-15-10(16)12(4,5)14/h9,17H,6-8H2,1-5H3,(H,15,16). The van der Waals surface area contributed by atoms with Gasteiger partial charge in [0.05, 0.1) is 11.7 Å². The first-order valence-corrected chi connectivity index (χ1v) is 6.36. The number of hydrogen-bond acceptors (Lipinski definition) is 3. The quantitative estimate of drug-likeness (QED) is 0.787. The third-order valence-corrected chi connectivity index (χ3v) is 3.98. The fourth-order valence-electron chi connectivity index (χ4n) is 2.20. The second-order valence-electron chi connectivity index (χ2n) is 6.06. The minimum absolute atomic E-state index is 0.0252. The van der Waals surface area contributed by atoms with E-state index in [1.54, 1.807) is 0 Å². The van der Waals surface area contributed by atoms with Crippen molar-refractivity contribution < 1.29 is 19.0 Å².